The van der Waals surface area contributed by atoms with E-state index in [1.54, 1.807) is 0 Å². The molecule has 0 aromatic carbocycles. The van der Waals surface area contributed by atoms with Gasteiger partial charge < -0.3 is 4.74 Å². The molecule has 0 aromatic rings. The Morgan fingerprint density at radius 2 is 2.00 bits per heavy atom. The van der Waals surface area contributed by atoms with E-state index in [-0.39, 0.29) is 17.5 Å². The first kappa shape index (κ1) is 14.2. The Kier molecular flexibility index (Phi) is 6.30. The van der Waals surface area contributed by atoms with Gasteiger partial charge in [0.2, 0.25) is 0 Å². The molecule has 0 aliphatic carbocycles. The Morgan fingerprint density at radius 1 is 1.40 bits per heavy atom. The molecule has 0 aliphatic heterocycles. The van der Waals surface area contributed by atoms with Gasteiger partial charge in [0, 0.05) is 0 Å². The molecular formula is C13H24O2. The number of hydrogen-bond acceptors (Lipinski definition) is 2. The molecule has 1 atom stereocenters. The molecule has 1 unspecified atom stereocenters. The highest BCUT2D eigenvalue weighted by atomic mass is 16.6. The maximum Gasteiger partial charge on any atom is 0.309 e. The van der Waals surface area contributed by atoms with Gasteiger partial charge in [-0.3, -0.25) is 4.79 Å². The van der Waals surface area contributed by atoms with Gasteiger partial charge in [-0.2, -0.15) is 0 Å². The van der Waals surface area contributed by atoms with Crippen molar-refractivity contribution in [3.05, 3.63) is 12.2 Å². The summed E-state index contributed by atoms with van der Waals surface area (Å²) >= 11 is 0. The second-order valence-corrected chi connectivity index (χ2v) is 4.82. The highest BCUT2D eigenvalue weighted by Gasteiger charge is 2.23. The van der Waals surface area contributed by atoms with Gasteiger partial charge in [0.05, 0.1) is 5.92 Å². The number of rotatable bonds is 5. The minimum atomic E-state index is -0.376. The van der Waals surface area contributed by atoms with Crippen molar-refractivity contribution < 1.29 is 9.53 Å². The minimum absolute atomic E-state index is 0.0189. The summed E-state index contributed by atoms with van der Waals surface area (Å²) in [5.74, 6) is -0.0483. The van der Waals surface area contributed by atoms with Crippen LogP contribution in [0.4, 0.5) is 0 Å². The summed E-state index contributed by atoms with van der Waals surface area (Å²) < 4.78 is 5.38. The molecule has 15 heavy (non-hydrogen) atoms. The van der Waals surface area contributed by atoms with Gasteiger partial charge in [-0.1, -0.05) is 25.5 Å². The summed E-state index contributed by atoms with van der Waals surface area (Å²) in [5.41, 5.74) is -0.376. The van der Waals surface area contributed by atoms with Crippen LogP contribution in [0.5, 0.6) is 0 Å². The second-order valence-electron chi connectivity index (χ2n) is 4.82. The molecule has 0 saturated carbocycles. The van der Waals surface area contributed by atoms with Crippen LogP contribution in [-0.2, 0) is 9.53 Å². The quantitative estimate of drug-likeness (QED) is 0.513. The van der Waals surface area contributed by atoms with Crippen LogP contribution in [0.1, 0.15) is 53.9 Å². The van der Waals surface area contributed by atoms with Crippen LogP contribution in [0, 0.1) is 5.92 Å². The number of ether oxygens (including phenoxy) is 1. The predicted molar refractivity (Wildman–Crippen MR) is 63.7 cm³/mol. The fourth-order valence-electron chi connectivity index (χ4n) is 1.37. The summed E-state index contributed by atoms with van der Waals surface area (Å²) in [6, 6.07) is 0. The molecule has 0 N–H and O–H groups in total. The molecule has 0 fully saturated rings. The molecule has 88 valence electrons. The summed E-state index contributed by atoms with van der Waals surface area (Å²) in [7, 11) is 0. The molecule has 0 saturated heterocycles. The molecule has 0 bridgehead atoms. The van der Waals surface area contributed by atoms with Gasteiger partial charge in [-0.25, -0.2) is 0 Å². The third kappa shape index (κ3) is 7.18. The van der Waals surface area contributed by atoms with Crippen LogP contribution in [-0.4, -0.2) is 11.6 Å². The van der Waals surface area contributed by atoms with E-state index in [9.17, 15) is 4.79 Å². The first-order valence-corrected chi connectivity index (χ1v) is 5.74. The van der Waals surface area contributed by atoms with Crippen molar-refractivity contribution >= 4 is 5.97 Å². The lowest BCUT2D eigenvalue weighted by Gasteiger charge is -2.23. The summed E-state index contributed by atoms with van der Waals surface area (Å²) in [4.78, 5) is 11.8. The van der Waals surface area contributed by atoms with Crippen LogP contribution in [0.3, 0.4) is 0 Å². The lowest BCUT2D eigenvalue weighted by molar-refractivity contribution is -0.160. The van der Waals surface area contributed by atoms with Crippen LogP contribution in [0.25, 0.3) is 0 Å². The van der Waals surface area contributed by atoms with Gasteiger partial charge in [0.15, 0.2) is 0 Å². The van der Waals surface area contributed by atoms with Crippen LogP contribution < -0.4 is 0 Å². The number of carbonyl (C=O) groups is 1. The van der Waals surface area contributed by atoms with Crippen LogP contribution >= 0.6 is 0 Å². The molecule has 0 rings (SSSR count). The maximum atomic E-state index is 11.8. The van der Waals surface area contributed by atoms with E-state index in [0.29, 0.717) is 0 Å². The Balaban J connectivity index is 4.28. The highest BCUT2D eigenvalue weighted by molar-refractivity contribution is 5.73. The Morgan fingerprint density at radius 3 is 2.40 bits per heavy atom. The molecule has 0 radical (unpaired) electrons. The van der Waals surface area contributed by atoms with Gasteiger partial charge in [-0.15, -0.1) is 0 Å². The van der Waals surface area contributed by atoms with Crippen molar-refractivity contribution in [1.82, 2.24) is 0 Å². The topological polar surface area (TPSA) is 26.3 Å². The molecular weight excluding hydrogens is 188 g/mol. The van der Waals surface area contributed by atoms with E-state index >= 15 is 0 Å². The molecule has 0 heterocycles. The largest absolute Gasteiger partial charge is 0.460 e. The summed E-state index contributed by atoms with van der Waals surface area (Å²) in [6.45, 7) is 9.78. The molecule has 0 amide bonds. The Labute approximate surface area is 93.7 Å². The van der Waals surface area contributed by atoms with E-state index in [1.807, 2.05) is 39.8 Å². The zero-order valence-electron chi connectivity index (χ0n) is 10.7. The molecule has 0 aliphatic rings. The second kappa shape index (κ2) is 6.65. The average Bonchev–Trinajstić information content (AvgIpc) is 2.09. The normalized spacial score (nSPS) is 14.2. The van der Waals surface area contributed by atoms with Crippen LogP contribution in [0.15, 0.2) is 12.2 Å². The monoisotopic (exact) mass is 212 g/mol. The third-order valence-corrected chi connectivity index (χ3v) is 2.03. The number of allylic oxidation sites excluding steroid dienone is 2. The standard InChI is InChI=1S/C13H24O2/c1-6-8-10-11(9-7-2)12(14)15-13(3,4)5/h6,8,11H,7,9-10H2,1-5H3. The van der Waals surface area contributed by atoms with Crippen LogP contribution in [0.2, 0.25) is 0 Å². The molecule has 2 heteroatoms. The zero-order chi connectivity index (χ0) is 11.9. The number of esters is 1. The fraction of sp³-hybridized carbons (Fsp3) is 0.769. The van der Waals surface area contributed by atoms with Crippen molar-refractivity contribution in [3.8, 4) is 0 Å². The SMILES string of the molecule is CC=CCC(CCC)C(=O)OC(C)(C)C. The number of carbonyl (C=O) groups excluding carboxylic acids is 1. The van der Waals surface area contributed by atoms with Gasteiger partial charge in [0.25, 0.3) is 0 Å². The van der Waals surface area contributed by atoms with Gasteiger partial charge >= 0.3 is 5.97 Å². The average molecular weight is 212 g/mol. The van der Waals surface area contributed by atoms with Gasteiger partial charge in [0.1, 0.15) is 5.60 Å². The molecule has 0 aromatic heterocycles. The fourth-order valence-corrected chi connectivity index (χ4v) is 1.37. The first-order valence-electron chi connectivity index (χ1n) is 5.74. The van der Waals surface area contributed by atoms with Crippen molar-refractivity contribution in [1.29, 1.82) is 0 Å². The van der Waals surface area contributed by atoms with Crippen molar-refractivity contribution in [2.75, 3.05) is 0 Å². The minimum Gasteiger partial charge on any atom is -0.460 e. The van der Waals surface area contributed by atoms with Crippen molar-refractivity contribution in [2.24, 2.45) is 5.92 Å². The Bertz CT molecular complexity index is 211. The first-order chi connectivity index (χ1) is 6.90. The maximum absolute atomic E-state index is 11.8. The summed E-state index contributed by atoms with van der Waals surface area (Å²) in [6.07, 6.45) is 6.72. The van der Waals surface area contributed by atoms with E-state index in [2.05, 4.69) is 6.92 Å². The summed E-state index contributed by atoms with van der Waals surface area (Å²) in [5, 5.41) is 0. The lowest BCUT2D eigenvalue weighted by atomic mass is 9.99. The van der Waals surface area contributed by atoms with E-state index < -0.39 is 0 Å². The highest BCUT2D eigenvalue weighted by Crippen LogP contribution is 2.18. The smallest absolute Gasteiger partial charge is 0.309 e. The lowest BCUT2D eigenvalue weighted by Crippen LogP contribution is -2.28. The van der Waals surface area contributed by atoms with Crippen molar-refractivity contribution in [2.45, 2.75) is 59.5 Å². The zero-order valence-corrected chi connectivity index (χ0v) is 10.7. The predicted octanol–water partition coefficient (Wildman–Crippen LogP) is 3.71. The number of hydrogen-bond donors (Lipinski definition) is 0. The Hall–Kier alpha value is -0.790. The van der Waals surface area contributed by atoms with Gasteiger partial charge in [-0.05, 0) is 40.5 Å². The third-order valence-electron chi connectivity index (χ3n) is 2.03. The van der Waals surface area contributed by atoms with E-state index in [0.717, 1.165) is 19.3 Å². The van der Waals surface area contributed by atoms with E-state index in [1.165, 1.54) is 0 Å². The van der Waals surface area contributed by atoms with Crippen molar-refractivity contribution in [3.63, 3.8) is 0 Å². The molecule has 2 nitrogen and oxygen atoms in total. The molecule has 0 spiro atoms. The van der Waals surface area contributed by atoms with E-state index in [4.69, 9.17) is 4.74 Å².